The van der Waals surface area contributed by atoms with Crippen LogP contribution in [0.1, 0.15) is 12.0 Å². The first-order valence-electron chi connectivity index (χ1n) is 8.83. The fourth-order valence-electron chi connectivity index (χ4n) is 3.18. The number of hydrogen-bond donors (Lipinski definition) is 1. The molecule has 8 nitrogen and oxygen atoms in total. The first-order valence-corrected chi connectivity index (χ1v) is 9.21. The highest BCUT2D eigenvalue weighted by molar-refractivity contribution is 6.30. The fourth-order valence-corrected chi connectivity index (χ4v) is 3.30. The van der Waals surface area contributed by atoms with Crippen LogP contribution in [0.15, 0.2) is 54.9 Å². The Hall–Kier alpha value is -3.70. The topological polar surface area (TPSA) is 104 Å². The van der Waals surface area contributed by atoms with E-state index in [1.54, 1.807) is 53.6 Å². The van der Waals surface area contributed by atoms with E-state index in [1.807, 2.05) is 6.07 Å². The Balaban J connectivity index is 1.55. The van der Waals surface area contributed by atoms with Crippen LogP contribution in [0.4, 0.5) is 11.5 Å². The van der Waals surface area contributed by atoms with E-state index in [9.17, 15) is 14.9 Å². The van der Waals surface area contributed by atoms with Crippen LogP contribution in [-0.2, 0) is 9.59 Å². The molecule has 0 saturated carbocycles. The van der Waals surface area contributed by atoms with Gasteiger partial charge >= 0.3 is 0 Å². The Morgan fingerprint density at radius 3 is 2.72 bits per heavy atom. The fraction of sp³-hybridized carbons (Fsp3) is 0.150. The molecule has 1 aliphatic rings. The third kappa shape index (κ3) is 3.68. The number of hydrogen-bond acceptors (Lipinski definition) is 5. The Morgan fingerprint density at radius 1 is 1.24 bits per heavy atom. The van der Waals surface area contributed by atoms with Crippen molar-refractivity contribution in [1.29, 1.82) is 5.26 Å². The van der Waals surface area contributed by atoms with Crippen molar-refractivity contribution < 1.29 is 9.59 Å². The number of rotatable bonds is 4. The molecule has 4 rings (SSSR count). The Morgan fingerprint density at radius 2 is 2.03 bits per heavy atom. The number of benzene rings is 1. The SMILES string of the molecule is N#Cc1cnn(-c2ccccn2)c1NC(=O)C1CC(=O)N(c2ccc(Cl)cc2)C1. The lowest BCUT2D eigenvalue weighted by Gasteiger charge is -2.17. The molecule has 1 fully saturated rings. The third-order valence-electron chi connectivity index (χ3n) is 4.63. The minimum absolute atomic E-state index is 0.0775. The molecular formula is C20H15ClN6O2. The molecule has 3 aromatic rings. The summed E-state index contributed by atoms with van der Waals surface area (Å²) in [6.45, 7) is 0.242. The Labute approximate surface area is 171 Å². The van der Waals surface area contributed by atoms with E-state index in [-0.39, 0.29) is 36.2 Å². The zero-order chi connectivity index (χ0) is 20.4. The molecule has 1 atom stereocenters. The summed E-state index contributed by atoms with van der Waals surface area (Å²) in [6, 6.07) is 14.1. The van der Waals surface area contributed by atoms with Gasteiger partial charge in [0.1, 0.15) is 11.6 Å². The van der Waals surface area contributed by atoms with Gasteiger partial charge in [-0.2, -0.15) is 15.0 Å². The summed E-state index contributed by atoms with van der Waals surface area (Å²) in [5, 5.41) is 16.8. The van der Waals surface area contributed by atoms with Gasteiger partial charge < -0.3 is 10.2 Å². The summed E-state index contributed by atoms with van der Waals surface area (Å²) in [4.78, 5) is 31.0. The van der Waals surface area contributed by atoms with Gasteiger partial charge in [0.05, 0.1) is 12.1 Å². The van der Waals surface area contributed by atoms with Crippen LogP contribution >= 0.6 is 11.6 Å². The van der Waals surface area contributed by atoms with Crippen molar-refractivity contribution in [3.05, 3.63) is 65.4 Å². The Bertz CT molecular complexity index is 1100. The predicted molar refractivity (Wildman–Crippen MR) is 107 cm³/mol. The molecule has 29 heavy (non-hydrogen) atoms. The molecular weight excluding hydrogens is 392 g/mol. The first kappa shape index (κ1) is 18.7. The minimum atomic E-state index is -0.559. The van der Waals surface area contributed by atoms with Crippen molar-refractivity contribution in [1.82, 2.24) is 14.8 Å². The summed E-state index contributed by atoms with van der Waals surface area (Å²) in [7, 11) is 0. The maximum Gasteiger partial charge on any atom is 0.231 e. The lowest BCUT2D eigenvalue weighted by atomic mass is 10.1. The highest BCUT2D eigenvalue weighted by Gasteiger charge is 2.35. The molecule has 0 bridgehead atoms. The molecule has 144 valence electrons. The van der Waals surface area contributed by atoms with Gasteiger partial charge in [0, 0.05) is 29.9 Å². The van der Waals surface area contributed by atoms with Gasteiger partial charge in [0.2, 0.25) is 11.8 Å². The average molecular weight is 407 g/mol. The van der Waals surface area contributed by atoms with Crippen LogP contribution in [0.3, 0.4) is 0 Å². The van der Waals surface area contributed by atoms with E-state index < -0.39 is 5.92 Å². The van der Waals surface area contributed by atoms with Crippen molar-refractivity contribution in [3.8, 4) is 11.9 Å². The molecule has 1 aliphatic heterocycles. The molecule has 1 N–H and O–H groups in total. The van der Waals surface area contributed by atoms with E-state index in [0.29, 0.717) is 16.5 Å². The molecule has 2 amide bonds. The molecule has 1 unspecified atom stereocenters. The number of aromatic nitrogens is 3. The molecule has 0 aliphatic carbocycles. The molecule has 0 radical (unpaired) electrons. The number of nitriles is 1. The standard InChI is InChI=1S/C20H15ClN6O2/c21-15-4-6-16(7-5-15)26-12-13(9-18(26)28)20(29)25-19-14(10-22)11-24-27(19)17-3-1-2-8-23-17/h1-8,11,13H,9,12H2,(H,25,29). The molecule has 2 aromatic heterocycles. The molecule has 9 heteroatoms. The summed E-state index contributed by atoms with van der Waals surface area (Å²) in [6.07, 6.45) is 3.03. The summed E-state index contributed by atoms with van der Waals surface area (Å²) >= 11 is 5.90. The number of nitrogens with one attached hydrogen (secondary N) is 1. The molecule has 0 spiro atoms. The van der Waals surface area contributed by atoms with E-state index in [1.165, 1.54) is 10.9 Å². The van der Waals surface area contributed by atoms with E-state index in [2.05, 4.69) is 15.4 Å². The van der Waals surface area contributed by atoms with E-state index in [4.69, 9.17) is 11.6 Å². The molecule has 1 saturated heterocycles. The number of nitrogens with zero attached hydrogens (tertiary/aromatic N) is 5. The lowest BCUT2D eigenvalue weighted by molar-refractivity contribution is -0.122. The van der Waals surface area contributed by atoms with Crippen molar-refractivity contribution in [3.63, 3.8) is 0 Å². The zero-order valence-electron chi connectivity index (χ0n) is 15.1. The maximum atomic E-state index is 12.9. The maximum absolute atomic E-state index is 12.9. The second-order valence-electron chi connectivity index (χ2n) is 6.49. The van der Waals surface area contributed by atoms with Gasteiger partial charge in [-0.3, -0.25) is 9.59 Å². The number of halogens is 1. The molecule has 3 heterocycles. The van der Waals surface area contributed by atoms with Crippen molar-refractivity contribution >= 4 is 34.9 Å². The lowest BCUT2D eigenvalue weighted by Crippen LogP contribution is -2.28. The molecule has 1 aromatic carbocycles. The number of anilines is 2. The van der Waals surface area contributed by atoms with Gasteiger partial charge in [-0.05, 0) is 36.4 Å². The van der Waals surface area contributed by atoms with Gasteiger partial charge in [0.25, 0.3) is 0 Å². The van der Waals surface area contributed by atoms with Gasteiger partial charge in [-0.15, -0.1) is 0 Å². The summed E-state index contributed by atoms with van der Waals surface area (Å²) in [5.74, 6) is -0.366. The monoisotopic (exact) mass is 406 g/mol. The van der Waals surface area contributed by atoms with Crippen LogP contribution in [-0.4, -0.2) is 33.1 Å². The predicted octanol–water partition coefficient (Wildman–Crippen LogP) is 2.78. The van der Waals surface area contributed by atoms with Crippen molar-refractivity contribution in [2.45, 2.75) is 6.42 Å². The smallest absolute Gasteiger partial charge is 0.231 e. The summed E-state index contributed by atoms with van der Waals surface area (Å²) in [5.41, 5.74) is 0.897. The Kier molecular flexibility index (Phi) is 4.97. The van der Waals surface area contributed by atoms with Crippen LogP contribution in [0.2, 0.25) is 5.02 Å². The number of amides is 2. The number of pyridine rings is 1. The highest BCUT2D eigenvalue weighted by Crippen LogP contribution is 2.28. The van der Waals surface area contributed by atoms with Crippen LogP contribution in [0.5, 0.6) is 0 Å². The average Bonchev–Trinajstić information content (AvgIpc) is 3.32. The normalized spacial score (nSPS) is 15.9. The quantitative estimate of drug-likeness (QED) is 0.717. The van der Waals surface area contributed by atoms with Gasteiger partial charge in [-0.1, -0.05) is 17.7 Å². The second-order valence-corrected chi connectivity index (χ2v) is 6.93. The first-order chi connectivity index (χ1) is 14.1. The van der Waals surface area contributed by atoms with Gasteiger partial charge in [-0.25, -0.2) is 4.98 Å². The van der Waals surface area contributed by atoms with Crippen molar-refractivity contribution in [2.24, 2.45) is 5.92 Å². The minimum Gasteiger partial charge on any atom is -0.312 e. The van der Waals surface area contributed by atoms with Crippen molar-refractivity contribution in [2.75, 3.05) is 16.8 Å². The largest absolute Gasteiger partial charge is 0.312 e. The highest BCUT2D eigenvalue weighted by atomic mass is 35.5. The third-order valence-corrected chi connectivity index (χ3v) is 4.88. The van der Waals surface area contributed by atoms with E-state index >= 15 is 0 Å². The second kappa shape index (κ2) is 7.73. The van der Waals surface area contributed by atoms with Crippen LogP contribution < -0.4 is 10.2 Å². The van der Waals surface area contributed by atoms with Gasteiger partial charge in [0.15, 0.2) is 11.6 Å². The summed E-state index contributed by atoms with van der Waals surface area (Å²) < 4.78 is 1.39. The van der Waals surface area contributed by atoms with Crippen LogP contribution in [0, 0.1) is 17.2 Å². The number of carbonyl (C=O) groups is 2. The van der Waals surface area contributed by atoms with Crippen LogP contribution in [0.25, 0.3) is 5.82 Å². The zero-order valence-corrected chi connectivity index (χ0v) is 15.9. The van der Waals surface area contributed by atoms with E-state index in [0.717, 1.165) is 0 Å². The number of carbonyl (C=O) groups excluding carboxylic acids is 2.